The molecule has 0 saturated carbocycles. The van der Waals surface area contributed by atoms with Crippen LogP contribution in [0.1, 0.15) is 13.8 Å². The number of methoxy groups -OCH3 is 1. The predicted octanol–water partition coefficient (Wildman–Crippen LogP) is 1.87. The van der Waals surface area contributed by atoms with Crippen molar-refractivity contribution in [3.8, 4) is 5.75 Å². The summed E-state index contributed by atoms with van der Waals surface area (Å²) in [5.41, 5.74) is 2.05. The van der Waals surface area contributed by atoms with Crippen molar-refractivity contribution in [2.24, 2.45) is 0 Å². The standard InChI is InChI=1S/C15H19NO5S/c1-11(4-9-15(17)16-18)10-12(2)22(19,20)14-7-5-13(21-3)6-8-14/h4-10,12,18H,1-3H3,(H,16,17)/b9-4+,11-10+. The molecule has 1 aromatic carbocycles. The van der Waals surface area contributed by atoms with E-state index < -0.39 is 21.0 Å². The highest BCUT2D eigenvalue weighted by molar-refractivity contribution is 7.92. The second kappa shape index (κ2) is 7.77. The molecule has 1 amide bonds. The van der Waals surface area contributed by atoms with Crippen molar-refractivity contribution in [2.75, 3.05) is 7.11 Å². The van der Waals surface area contributed by atoms with Gasteiger partial charge in [-0.2, -0.15) is 0 Å². The summed E-state index contributed by atoms with van der Waals surface area (Å²) in [7, 11) is -2.01. The van der Waals surface area contributed by atoms with E-state index in [1.807, 2.05) is 0 Å². The highest BCUT2D eigenvalue weighted by Gasteiger charge is 2.21. The van der Waals surface area contributed by atoms with Gasteiger partial charge in [-0.15, -0.1) is 0 Å². The van der Waals surface area contributed by atoms with Gasteiger partial charge in [-0.05, 0) is 38.1 Å². The fourth-order valence-corrected chi connectivity index (χ4v) is 3.08. The smallest absolute Gasteiger partial charge is 0.267 e. The van der Waals surface area contributed by atoms with Gasteiger partial charge in [0.05, 0.1) is 17.3 Å². The van der Waals surface area contributed by atoms with Gasteiger partial charge in [-0.3, -0.25) is 10.0 Å². The van der Waals surface area contributed by atoms with E-state index in [0.29, 0.717) is 11.3 Å². The van der Waals surface area contributed by atoms with E-state index in [4.69, 9.17) is 9.94 Å². The number of allylic oxidation sites excluding steroid dienone is 2. The van der Waals surface area contributed by atoms with Crippen molar-refractivity contribution in [3.63, 3.8) is 0 Å². The first-order chi connectivity index (χ1) is 10.3. The Kier molecular flexibility index (Phi) is 6.33. The molecule has 0 aromatic heterocycles. The molecule has 0 saturated heterocycles. The third-order valence-corrected chi connectivity index (χ3v) is 5.03. The number of hydrogen-bond donors (Lipinski definition) is 2. The van der Waals surface area contributed by atoms with Crippen LogP contribution in [0, 0.1) is 0 Å². The van der Waals surface area contributed by atoms with Crippen LogP contribution in [-0.2, 0) is 14.6 Å². The molecule has 120 valence electrons. The van der Waals surface area contributed by atoms with Crippen molar-refractivity contribution < 1.29 is 23.2 Å². The second-order valence-electron chi connectivity index (χ2n) is 4.65. The summed E-state index contributed by atoms with van der Waals surface area (Å²) < 4.78 is 29.9. The lowest BCUT2D eigenvalue weighted by Crippen LogP contribution is -2.16. The molecule has 6 nitrogen and oxygen atoms in total. The fourth-order valence-electron chi connectivity index (χ4n) is 1.74. The zero-order valence-electron chi connectivity index (χ0n) is 12.6. The monoisotopic (exact) mass is 325 g/mol. The number of hydroxylamine groups is 1. The number of ether oxygens (including phenoxy) is 1. The lowest BCUT2D eigenvalue weighted by Gasteiger charge is -2.10. The lowest BCUT2D eigenvalue weighted by atomic mass is 10.2. The normalized spacial score (nSPS) is 13.9. The minimum absolute atomic E-state index is 0.196. The summed E-state index contributed by atoms with van der Waals surface area (Å²) >= 11 is 0. The molecule has 0 aliphatic heterocycles. The van der Waals surface area contributed by atoms with Crippen LogP contribution in [0.15, 0.2) is 53.0 Å². The summed E-state index contributed by atoms with van der Waals surface area (Å²) in [4.78, 5) is 11.1. The molecule has 7 heteroatoms. The van der Waals surface area contributed by atoms with Gasteiger partial charge in [0.2, 0.25) is 0 Å². The third-order valence-electron chi connectivity index (χ3n) is 2.98. The molecule has 1 unspecified atom stereocenters. The Balaban J connectivity index is 2.96. The molecule has 0 fully saturated rings. The van der Waals surface area contributed by atoms with Crippen molar-refractivity contribution in [3.05, 3.63) is 48.1 Å². The van der Waals surface area contributed by atoms with Gasteiger partial charge in [0, 0.05) is 6.08 Å². The van der Waals surface area contributed by atoms with Gasteiger partial charge in [-0.1, -0.05) is 17.7 Å². The number of sulfone groups is 1. The van der Waals surface area contributed by atoms with Gasteiger partial charge in [-0.25, -0.2) is 13.9 Å². The number of amides is 1. The van der Waals surface area contributed by atoms with Crippen molar-refractivity contribution >= 4 is 15.7 Å². The minimum atomic E-state index is -3.52. The van der Waals surface area contributed by atoms with Crippen LogP contribution in [-0.4, -0.2) is 31.9 Å². The molecule has 1 aromatic rings. The molecular weight excluding hydrogens is 306 g/mol. The van der Waals surface area contributed by atoms with Gasteiger partial charge in [0.1, 0.15) is 5.75 Å². The average molecular weight is 325 g/mol. The summed E-state index contributed by atoms with van der Waals surface area (Å²) in [5.74, 6) is -0.102. The SMILES string of the molecule is COc1ccc(S(=O)(=O)C(C)/C=C(C)/C=C/C(=O)NO)cc1. The van der Waals surface area contributed by atoms with Crippen LogP contribution in [0.5, 0.6) is 5.75 Å². The molecule has 0 spiro atoms. The predicted molar refractivity (Wildman–Crippen MR) is 82.5 cm³/mol. The van der Waals surface area contributed by atoms with Crippen molar-refractivity contribution in [2.45, 2.75) is 24.0 Å². The summed E-state index contributed by atoms with van der Waals surface area (Å²) in [6.45, 7) is 3.23. The number of benzene rings is 1. The lowest BCUT2D eigenvalue weighted by molar-refractivity contribution is -0.124. The molecule has 0 radical (unpaired) electrons. The van der Waals surface area contributed by atoms with Gasteiger partial charge in [0.15, 0.2) is 9.84 Å². The van der Waals surface area contributed by atoms with Crippen molar-refractivity contribution in [1.82, 2.24) is 5.48 Å². The summed E-state index contributed by atoms with van der Waals surface area (Å²) in [5, 5.41) is 7.61. The molecular formula is C15H19NO5S. The minimum Gasteiger partial charge on any atom is -0.497 e. The highest BCUT2D eigenvalue weighted by Crippen LogP contribution is 2.21. The van der Waals surface area contributed by atoms with Crippen LogP contribution >= 0.6 is 0 Å². The first kappa shape index (κ1) is 17.9. The molecule has 0 bridgehead atoms. The molecule has 22 heavy (non-hydrogen) atoms. The molecule has 1 rings (SSSR count). The van der Waals surface area contributed by atoms with E-state index in [2.05, 4.69) is 0 Å². The van der Waals surface area contributed by atoms with E-state index in [9.17, 15) is 13.2 Å². The number of hydrogen-bond acceptors (Lipinski definition) is 5. The van der Waals surface area contributed by atoms with Gasteiger partial charge in [0.25, 0.3) is 5.91 Å². The first-order valence-corrected chi connectivity index (χ1v) is 8.04. The Morgan fingerprint density at radius 1 is 1.27 bits per heavy atom. The molecule has 0 heterocycles. The van der Waals surface area contributed by atoms with Gasteiger partial charge >= 0.3 is 0 Å². The van der Waals surface area contributed by atoms with Crippen LogP contribution in [0.3, 0.4) is 0 Å². The molecule has 0 aliphatic carbocycles. The number of nitrogens with one attached hydrogen (secondary N) is 1. The van der Waals surface area contributed by atoms with Gasteiger partial charge < -0.3 is 4.74 Å². The van der Waals surface area contributed by atoms with Crippen LogP contribution in [0.2, 0.25) is 0 Å². The maximum atomic E-state index is 12.4. The zero-order valence-corrected chi connectivity index (χ0v) is 13.4. The average Bonchev–Trinajstić information content (AvgIpc) is 2.52. The van der Waals surface area contributed by atoms with E-state index in [1.165, 1.54) is 36.9 Å². The molecule has 0 aliphatic rings. The Morgan fingerprint density at radius 2 is 1.86 bits per heavy atom. The van der Waals surface area contributed by atoms with E-state index in [1.54, 1.807) is 26.0 Å². The zero-order chi connectivity index (χ0) is 16.8. The Morgan fingerprint density at radius 3 is 2.36 bits per heavy atom. The van der Waals surface area contributed by atoms with Crippen LogP contribution in [0.25, 0.3) is 0 Å². The summed E-state index contributed by atoms with van der Waals surface area (Å²) in [6.07, 6.45) is 4.06. The fraction of sp³-hybridized carbons (Fsp3) is 0.267. The number of carbonyl (C=O) groups excluding carboxylic acids is 1. The highest BCUT2D eigenvalue weighted by atomic mass is 32.2. The Hall–Kier alpha value is -2.12. The van der Waals surface area contributed by atoms with Crippen LogP contribution in [0.4, 0.5) is 0 Å². The van der Waals surface area contributed by atoms with Crippen LogP contribution < -0.4 is 10.2 Å². The van der Waals surface area contributed by atoms with E-state index in [-0.39, 0.29) is 4.90 Å². The van der Waals surface area contributed by atoms with E-state index >= 15 is 0 Å². The maximum Gasteiger partial charge on any atom is 0.267 e. The Bertz CT molecular complexity index is 674. The topological polar surface area (TPSA) is 92.7 Å². The van der Waals surface area contributed by atoms with E-state index in [0.717, 1.165) is 6.08 Å². The van der Waals surface area contributed by atoms with Crippen molar-refractivity contribution in [1.29, 1.82) is 0 Å². The molecule has 2 N–H and O–H groups in total. The number of carbonyl (C=O) groups is 1. The first-order valence-electron chi connectivity index (χ1n) is 6.49. The number of rotatable bonds is 6. The third kappa shape index (κ3) is 4.71. The largest absolute Gasteiger partial charge is 0.497 e. The Labute approximate surface area is 130 Å². The maximum absolute atomic E-state index is 12.4. The second-order valence-corrected chi connectivity index (χ2v) is 6.95. The quantitative estimate of drug-likeness (QED) is 0.360. The summed E-state index contributed by atoms with van der Waals surface area (Å²) in [6, 6.07) is 6.15. The molecule has 1 atom stereocenters.